The largest absolute Gasteiger partial charge is 0.389 e. The van der Waals surface area contributed by atoms with Crippen LogP contribution in [0.1, 0.15) is 19.3 Å². The molecular weight excluding hydrogens is 224 g/mol. The second kappa shape index (κ2) is 3.29. The highest BCUT2D eigenvalue weighted by atomic mass is 28.4. The van der Waals surface area contributed by atoms with E-state index < -0.39 is 8.32 Å². The van der Waals surface area contributed by atoms with Crippen LogP contribution in [-0.2, 0) is 18.6 Å². The number of fused-ring (bicyclic) bond motifs is 1. The lowest BCUT2D eigenvalue weighted by Gasteiger charge is -2.34. The molecule has 0 amide bonds. The second-order valence-corrected chi connectivity index (χ2v) is 10.4. The molecule has 2 heterocycles. The fourth-order valence-corrected chi connectivity index (χ4v) is 4.11. The first-order valence-corrected chi connectivity index (χ1v) is 9.50. The molecule has 1 saturated carbocycles. The van der Waals surface area contributed by atoms with Gasteiger partial charge >= 0.3 is 0 Å². The zero-order valence-electron chi connectivity index (χ0n) is 10.2. The minimum atomic E-state index is -1.53. The van der Waals surface area contributed by atoms with E-state index in [1.807, 2.05) is 0 Å². The second-order valence-electron chi connectivity index (χ2n) is 5.94. The summed E-state index contributed by atoms with van der Waals surface area (Å²) < 4.78 is 23.3. The van der Waals surface area contributed by atoms with E-state index in [1.54, 1.807) is 0 Å². The van der Waals surface area contributed by atoms with Gasteiger partial charge in [-0.15, -0.1) is 0 Å². The van der Waals surface area contributed by atoms with Crippen molar-refractivity contribution in [3.8, 4) is 0 Å². The van der Waals surface area contributed by atoms with Crippen molar-refractivity contribution < 1.29 is 18.6 Å². The van der Waals surface area contributed by atoms with Crippen LogP contribution in [0.15, 0.2) is 0 Å². The molecule has 1 spiro atoms. The van der Waals surface area contributed by atoms with E-state index in [0.717, 1.165) is 19.3 Å². The number of ether oxygens (including phenoxy) is 3. The van der Waals surface area contributed by atoms with Gasteiger partial charge in [-0.05, 0) is 19.6 Å². The third-order valence-corrected chi connectivity index (χ3v) is 4.38. The maximum Gasteiger partial charge on any atom is 0.187 e. The molecule has 0 bridgehead atoms. The molecule has 2 unspecified atom stereocenters. The van der Waals surface area contributed by atoms with Crippen molar-refractivity contribution in [2.24, 2.45) is 0 Å². The van der Waals surface area contributed by atoms with Crippen LogP contribution >= 0.6 is 0 Å². The Balaban J connectivity index is 1.65. The van der Waals surface area contributed by atoms with Crippen molar-refractivity contribution in [2.45, 2.75) is 56.6 Å². The van der Waals surface area contributed by atoms with Crippen molar-refractivity contribution >= 4 is 8.32 Å². The standard InChI is InChI=1S/C11H20O4Si/c1-16(2,3)15-11-5-4-10(8-9(11)14-11)12-6-7-13-10/h9H,4-8H2,1-3H3. The fourth-order valence-electron chi connectivity index (χ4n) is 2.79. The first-order chi connectivity index (χ1) is 7.43. The van der Waals surface area contributed by atoms with Gasteiger partial charge < -0.3 is 18.6 Å². The first kappa shape index (κ1) is 11.2. The predicted molar refractivity (Wildman–Crippen MR) is 60.5 cm³/mol. The third kappa shape index (κ3) is 1.84. The minimum Gasteiger partial charge on any atom is -0.389 e. The fraction of sp³-hybridized carbons (Fsp3) is 1.00. The Hall–Kier alpha value is 0.0569. The van der Waals surface area contributed by atoms with Gasteiger partial charge in [0.2, 0.25) is 0 Å². The molecule has 92 valence electrons. The summed E-state index contributed by atoms with van der Waals surface area (Å²) in [5.74, 6) is -0.640. The normalized spacial score (nSPS) is 41.1. The Kier molecular flexibility index (Phi) is 2.30. The van der Waals surface area contributed by atoms with Gasteiger partial charge in [0, 0.05) is 19.3 Å². The van der Waals surface area contributed by atoms with Gasteiger partial charge in [-0.3, -0.25) is 0 Å². The Labute approximate surface area is 97.3 Å². The highest BCUT2D eigenvalue weighted by molar-refractivity contribution is 6.69. The zero-order chi connectivity index (χ0) is 11.4. The van der Waals surface area contributed by atoms with Gasteiger partial charge in [-0.2, -0.15) is 0 Å². The first-order valence-electron chi connectivity index (χ1n) is 6.09. The molecule has 5 heteroatoms. The molecule has 3 aliphatic rings. The van der Waals surface area contributed by atoms with Gasteiger partial charge in [0.15, 0.2) is 19.9 Å². The van der Waals surface area contributed by atoms with Crippen LogP contribution in [0.2, 0.25) is 19.6 Å². The van der Waals surface area contributed by atoms with E-state index >= 15 is 0 Å². The number of epoxide rings is 1. The van der Waals surface area contributed by atoms with Crippen molar-refractivity contribution in [3.63, 3.8) is 0 Å². The van der Waals surface area contributed by atoms with Crippen LogP contribution in [0.3, 0.4) is 0 Å². The highest BCUT2D eigenvalue weighted by Crippen LogP contribution is 2.54. The summed E-state index contributed by atoms with van der Waals surface area (Å²) in [6.07, 6.45) is 2.82. The molecule has 2 saturated heterocycles. The minimum absolute atomic E-state index is 0.186. The van der Waals surface area contributed by atoms with Crippen molar-refractivity contribution in [1.82, 2.24) is 0 Å². The molecule has 2 atom stereocenters. The number of rotatable bonds is 2. The molecule has 1 aliphatic carbocycles. The average Bonchev–Trinajstić information content (AvgIpc) is 2.63. The molecule has 0 aromatic heterocycles. The molecule has 3 rings (SSSR count). The predicted octanol–water partition coefficient (Wildman–Crippen LogP) is 1.86. The van der Waals surface area contributed by atoms with Crippen LogP contribution < -0.4 is 0 Å². The lowest BCUT2D eigenvalue weighted by molar-refractivity contribution is -0.182. The summed E-state index contributed by atoms with van der Waals surface area (Å²) in [6, 6.07) is 0. The Morgan fingerprint density at radius 2 is 1.81 bits per heavy atom. The molecule has 0 radical (unpaired) electrons. The Morgan fingerprint density at radius 1 is 1.12 bits per heavy atom. The Morgan fingerprint density at radius 3 is 2.38 bits per heavy atom. The highest BCUT2D eigenvalue weighted by Gasteiger charge is 2.66. The molecular formula is C11H20O4Si. The SMILES string of the molecule is C[Si](C)(C)OC12CCC3(CC1O2)OCCO3. The number of hydrogen-bond donors (Lipinski definition) is 0. The lowest BCUT2D eigenvalue weighted by Crippen LogP contribution is -2.44. The Bertz CT molecular complexity index is 295. The maximum atomic E-state index is 6.15. The van der Waals surface area contributed by atoms with E-state index in [4.69, 9.17) is 18.6 Å². The van der Waals surface area contributed by atoms with Crippen LogP contribution in [0.5, 0.6) is 0 Å². The lowest BCUT2D eigenvalue weighted by atomic mass is 9.92. The monoisotopic (exact) mass is 244 g/mol. The molecule has 2 aliphatic heterocycles. The van der Waals surface area contributed by atoms with E-state index in [1.165, 1.54) is 0 Å². The molecule has 0 aromatic carbocycles. The van der Waals surface area contributed by atoms with Crippen molar-refractivity contribution in [3.05, 3.63) is 0 Å². The van der Waals surface area contributed by atoms with Gasteiger partial charge in [0.1, 0.15) is 6.10 Å². The summed E-state index contributed by atoms with van der Waals surface area (Å²) in [5.41, 5.74) is 0. The van der Waals surface area contributed by atoms with Crippen molar-refractivity contribution in [2.75, 3.05) is 13.2 Å². The summed E-state index contributed by atoms with van der Waals surface area (Å²) in [6.45, 7) is 8.04. The smallest absolute Gasteiger partial charge is 0.187 e. The van der Waals surface area contributed by atoms with E-state index in [0.29, 0.717) is 13.2 Å². The zero-order valence-corrected chi connectivity index (χ0v) is 11.2. The molecule has 3 fully saturated rings. The molecule has 0 aromatic rings. The van der Waals surface area contributed by atoms with Crippen LogP contribution in [-0.4, -0.2) is 39.2 Å². The van der Waals surface area contributed by atoms with Gasteiger partial charge in [0.25, 0.3) is 0 Å². The van der Waals surface area contributed by atoms with Gasteiger partial charge in [-0.25, -0.2) is 0 Å². The maximum absolute atomic E-state index is 6.15. The van der Waals surface area contributed by atoms with Gasteiger partial charge in [-0.1, -0.05) is 0 Å². The summed E-state index contributed by atoms with van der Waals surface area (Å²) in [4.78, 5) is 0. The summed E-state index contributed by atoms with van der Waals surface area (Å²) in [5, 5.41) is 0. The molecule has 0 N–H and O–H groups in total. The van der Waals surface area contributed by atoms with Crippen molar-refractivity contribution in [1.29, 1.82) is 0 Å². The summed E-state index contributed by atoms with van der Waals surface area (Å²) in [7, 11) is -1.53. The third-order valence-electron chi connectivity index (χ3n) is 3.42. The number of hydrogen-bond acceptors (Lipinski definition) is 4. The van der Waals surface area contributed by atoms with E-state index in [9.17, 15) is 0 Å². The quantitative estimate of drug-likeness (QED) is 0.549. The molecule has 16 heavy (non-hydrogen) atoms. The average molecular weight is 244 g/mol. The van der Waals surface area contributed by atoms with Crippen LogP contribution in [0.4, 0.5) is 0 Å². The topological polar surface area (TPSA) is 40.2 Å². The summed E-state index contributed by atoms with van der Waals surface area (Å²) >= 11 is 0. The van der Waals surface area contributed by atoms with E-state index in [2.05, 4.69) is 19.6 Å². The van der Waals surface area contributed by atoms with Crippen LogP contribution in [0.25, 0.3) is 0 Å². The van der Waals surface area contributed by atoms with Crippen LogP contribution in [0, 0.1) is 0 Å². The van der Waals surface area contributed by atoms with Gasteiger partial charge in [0.05, 0.1) is 13.2 Å². The van der Waals surface area contributed by atoms with E-state index in [-0.39, 0.29) is 17.7 Å². The molecule has 4 nitrogen and oxygen atoms in total.